The van der Waals surface area contributed by atoms with Crippen LogP contribution in [0.4, 0.5) is 0 Å². The minimum atomic E-state index is 0.0718. The Morgan fingerprint density at radius 2 is 1.57 bits per heavy atom. The third-order valence-corrected chi connectivity index (χ3v) is 5.10. The highest BCUT2D eigenvalue weighted by molar-refractivity contribution is 7.80. The second-order valence-corrected chi connectivity index (χ2v) is 6.88. The molecule has 0 amide bonds. The quantitative estimate of drug-likeness (QED) is 0.590. The molecule has 0 saturated carbocycles. The lowest BCUT2D eigenvalue weighted by Gasteiger charge is -2.13. The normalized spacial score (nSPS) is 21.3. The van der Waals surface area contributed by atoms with Crippen LogP contribution in [-0.4, -0.2) is 6.66 Å². The summed E-state index contributed by atoms with van der Waals surface area (Å²) in [6, 6.07) is 10.8. The lowest BCUT2D eigenvalue weighted by atomic mass is 9.95. The van der Waals surface area contributed by atoms with Crippen LogP contribution >= 0.6 is 7.92 Å². The van der Waals surface area contributed by atoms with Gasteiger partial charge >= 0.3 is 0 Å². The first-order valence-electron chi connectivity index (χ1n) is 5.06. The molecule has 0 aliphatic carbocycles. The molecule has 1 aliphatic rings. The van der Waals surface area contributed by atoms with E-state index >= 15 is 0 Å². The summed E-state index contributed by atoms with van der Waals surface area (Å²) in [5.41, 5.74) is 1.80. The SMILES string of the molecule is CP1C(c2ccccc2)=C1C(C)(C)C. The molecule has 1 aromatic carbocycles. The summed E-state index contributed by atoms with van der Waals surface area (Å²) in [7, 11) is 0.0718. The van der Waals surface area contributed by atoms with Crippen LogP contribution in [-0.2, 0) is 0 Å². The van der Waals surface area contributed by atoms with E-state index in [-0.39, 0.29) is 7.92 Å². The predicted molar refractivity (Wildman–Crippen MR) is 65.7 cm³/mol. The molecule has 74 valence electrons. The Bertz CT molecular complexity index is 368. The standard InChI is InChI=1S/C13H17P/c1-13(2,3)12-11(14(12)4)10-8-6-5-7-9-10/h5-9H,1-4H3. The van der Waals surface area contributed by atoms with Gasteiger partial charge in [0.1, 0.15) is 0 Å². The zero-order valence-electron chi connectivity index (χ0n) is 9.33. The van der Waals surface area contributed by atoms with Crippen molar-refractivity contribution in [3.05, 3.63) is 41.2 Å². The highest BCUT2D eigenvalue weighted by Gasteiger charge is 2.40. The van der Waals surface area contributed by atoms with Crippen LogP contribution in [0.5, 0.6) is 0 Å². The van der Waals surface area contributed by atoms with E-state index in [1.54, 1.807) is 10.6 Å². The van der Waals surface area contributed by atoms with Crippen molar-refractivity contribution in [1.82, 2.24) is 0 Å². The van der Waals surface area contributed by atoms with Gasteiger partial charge in [0, 0.05) is 0 Å². The van der Waals surface area contributed by atoms with Gasteiger partial charge in [-0.2, -0.15) is 0 Å². The van der Waals surface area contributed by atoms with Crippen LogP contribution in [0.2, 0.25) is 0 Å². The summed E-state index contributed by atoms with van der Waals surface area (Å²) >= 11 is 0. The first-order chi connectivity index (χ1) is 6.52. The summed E-state index contributed by atoms with van der Waals surface area (Å²) in [5.74, 6) is 0. The molecule has 14 heavy (non-hydrogen) atoms. The van der Waals surface area contributed by atoms with Gasteiger partial charge < -0.3 is 0 Å². The van der Waals surface area contributed by atoms with Crippen molar-refractivity contribution >= 4 is 13.2 Å². The molecular weight excluding hydrogens is 187 g/mol. The van der Waals surface area contributed by atoms with Crippen LogP contribution in [0, 0.1) is 5.41 Å². The van der Waals surface area contributed by atoms with Gasteiger partial charge in [-0.1, -0.05) is 51.1 Å². The molecule has 0 bridgehead atoms. The summed E-state index contributed by atoms with van der Waals surface area (Å²) < 4.78 is 0. The van der Waals surface area contributed by atoms with Crippen LogP contribution in [0.15, 0.2) is 35.6 Å². The number of rotatable bonds is 1. The van der Waals surface area contributed by atoms with Crippen LogP contribution < -0.4 is 0 Å². The van der Waals surface area contributed by atoms with E-state index < -0.39 is 0 Å². The van der Waals surface area contributed by atoms with Gasteiger partial charge in [-0.05, 0) is 36.2 Å². The molecule has 1 atom stereocenters. The Balaban J connectivity index is 2.35. The Labute approximate surface area is 87.8 Å². The fourth-order valence-electron chi connectivity index (χ4n) is 2.03. The fraction of sp³-hybridized carbons (Fsp3) is 0.385. The van der Waals surface area contributed by atoms with Gasteiger partial charge in [-0.3, -0.25) is 0 Å². The van der Waals surface area contributed by atoms with E-state index in [1.165, 1.54) is 5.56 Å². The summed E-state index contributed by atoms with van der Waals surface area (Å²) in [5, 5.41) is 3.33. The molecule has 2 rings (SSSR count). The van der Waals surface area contributed by atoms with Gasteiger partial charge in [0.15, 0.2) is 0 Å². The molecule has 1 heteroatoms. The maximum absolute atomic E-state index is 2.37. The van der Waals surface area contributed by atoms with E-state index in [0.717, 1.165) is 0 Å². The average Bonchev–Trinajstić information content (AvgIpc) is 2.78. The van der Waals surface area contributed by atoms with Gasteiger partial charge in [0.2, 0.25) is 0 Å². The van der Waals surface area contributed by atoms with Crippen molar-refractivity contribution in [2.24, 2.45) is 5.41 Å². The molecule has 0 nitrogen and oxygen atoms in total. The molecule has 0 fully saturated rings. The number of hydrogen-bond donors (Lipinski definition) is 0. The Hall–Kier alpha value is -0.610. The molecule has 1 heterocycles. The van der Waals surface area contributed by atoms with E-state index in [0.29, 0.717) is 5.41 Å². The van der Waals surface area contributed by atoms with Crippen LogP contribution in [0.3, 0.4) is 0 Å². The molecular formula is C13H17P. The Morgan fingerprint density at radius 1 is 1.00 bits per heavy atom. The second-order valence-electron chi connectivity index (χ2n) is 4.87. The lowest BCUT2D eigenvalue weighted by molar-refractivity contribution is 0.539. The second kappa shape index (κ2) is 3.21. The molecule has 1 aromatic rings. The molecule has 0 aromatic heterocycles. The number of allylic oxidation sites excluding steroid dienone is 1. The average molecular weight is 204 g/mol. The molecule has 1 unspecified atom stereocenters. The predicted octanol–water partition coefficient (Wildman–Crippen LogP) is 4.53. The lowest BCUT2D eigenvalue weighted by Crippen LogP contribution is -2.00. The Morgan fingerprint density at radius 3 is 2.00 bits per heavy atom. The van der Waals surface area contributed by atoms with Gasteiger partial charge in [-0.25, -0.2) is 0 Å². The van der Waals surface area contributed by atoms with Crippen molar-refractivity contribution in [1.29, 1.82) is 0 Å². The van der Waals surface area contributed by atoms with Crippen molar-refractivity contribution in [3.8, 4) is 0 Å². The van der Waals surface area contributed by atoms with E-state index in [1.807, 2.05) is 0 Å². The van der Waals surface area contributed by atoms with E-state index in [2.05, 4.69) is 57.8 Å². The van der Waals surface area contributed by atoms with Gasteiger partial charge in [-0.15, -0.1) is 0 Å². The van der Waals surface area contributed by atoms with Gasteiger partial charge in [0.05, 0.1) is 0 Å². The molecule has 0 spiro atoms. The molecule has 0 N–H and O–H groups in total. The minimum Gasteiger partial charge on any atom is -0.0622 e. The fourth-order valence-corrected chi connectivity index (χ4v) is 4.83. The summed E-state index contributed by atoms with van der Waals surface area (Å²) in [6.45, 7) is 9.32. The van der Waals surface area contributed by atoms with Crippen molar-refractivity contribution < 1.29 is 0 Å². The third-order valence-electron chi connectivity index (χ3n) is 2.60. The summed E-state index contributed by atoms with van der Waals surface area (Å²) in [6.07, 6.45) is 0. The number of benzene rings is 1. The maximum Gasteiger partial charge on any atom is -0.00837 e. The van der Waals surface area contributed by atoms with Crippen molar-refractivity contribution in [3.63, 3.8) is 0 Å². The monoisotopic (exact) mass is 204 g/mol. The zero-order valence-corrected chi connectivity index (χ0v) is 10.2. The third kappa shape index (κ3) is 1.64. The maximum atomic E-state index is 2.37. The highest BCUT2D eigenvalue weighted by Crippen LogP contribution is 2.76. The van der Waals surface area contributed by atoms with E-state index in [4.69, 9.17) is 0 Å². The number of hydrogen-bond acceptors (Lipinski definition) is 0. The highest BCUT2D eigenvalue weighted by atomic mass is 31.1. The first-order valence-corrected chi connectivity index (χ1v) is 6.84. The van der Waals surface area contributed by atoms with E-state index in [9.17, 15) is 0 Å². The molecule has 0 saturated heterocycles. The first kappa shape index (κ1) is 9.93. The smallest absolute Gasteiger partial charge is 0.00837 e. The zero-order chi connectivity index (χ0) is 10.3. The van der Waals surface area contributed by atoms with Crippen LogP contribution in [0.1, 0.15) is 26.3 Å². The molecule has 0 radical (unpaired) electrons. The minimum absolute atomic E-state index is 0.0718. The van der Waals surface area contributed by atoms with Crippen LogP contribution in [0.25, 0.3) is 5.31 Å². The molecule has 1 aliphatic heterocycles. The van der Waals surface area contributed by atoms with Crippen molar-refractivity contribution in [2.45, 2.75) is 20.8 Å². The summed E-state index contributed by atoms with van der Waals surface area (Å²) in [4.78, 5) is 0. The van der Waals surface area contributed by atoms with Crippen molar-refractivity contribution in [2.75, 3.05) is 6.66 Å². The largest absolute Gasteiger partial charge is 0.0622 e. The van der Waals surface area contributed by atoms with Gasteiger partial charge in [0.25, 0.3) is 0 Å². The Kier molecular flexibility index (Phi) is 2.27. The topological polar surface area (TPSA) is 0 Å².